The second-order valence-electron chi connectivity index (χ2n) is 14.2. The third kappa shape index (κ3) is 12.3. The van der Waals surface area contributed by atoms with Crippen molar-refractivity contribution < 1.29 is 29.0 Å². The van der Waals surface area contributed by atoms with Crippen molar-refractivity contribution in [3.05, 3.63) is 144 Å². The molecule has 0 heterocycles. The van der Waals surface area contributed by atoms with Crippen molar-refractivity contribution in [3.8, 4) is 0 Å². The van der Waals surface area contributed by atoms with Gasteiger partial charge in [0.2, 0.25) is 0 Å². The summed E-state index contributed by atoms with van der Waals surface area (Å²) in [5.74, 6) is 1.37. The minimum absolute atomic E-state index is 0.517. The van der Waals surface area contributed by atoms with Crippen molar-refractivity contribution >= 4 is 16.5 Å². The van der Waals surface area contributed by atoms with Gasteiger partial charge < -0.3 is 9.79 Å². The zero-order valence-corrected chi connectivity index (χ0v) is 32.3. The Hall–Kier alpha value is -2.50. The van der Waals surface area contributed by atoms with E-state index in [0.717, 1.165) is 66.7 Å². The predicted octanol–water partition coefficient (Wildman–Crippen LogP) is 10.8. The number of hydrogen-bond acceptors (Lipinski definition) is 6. The fourth-order valence-electron chi connectivity index (χ4n) is 6.84. The molecule has 0 amide bonds. The molecule has 0 aromatic heterocycles. The normalized spacial score (nSPS) is 12.6. The molecule has 0 saturated heterocycles. The standard InChI is InChI=1S/C22H31O3P.C20H29O3P/c1-19(2)13-7-3-4-12-18-22(25-26(23)24,20-14-8-5-9-15-20)21-16-10-6-11-17-21;1-17(2)11-9-10-16-20(24(21,22)23,18-12-5-3-6-13-18)19-14-7-4-8-15-19/h5-6,8-11,14-17,19,23-24H,3-4,7,12-13,18H2,1-2H3;3-8,12-15,17,21-24H,9-11,16H2,1-2H3. The van der Waals surface area contributed by atoms with Gasteiger partial charge in [-0.05, 0) is 29.9 Å². The van der Waals surface area contributed by atoms with Gasteiger partial charge in [0.1, 0.15) is 5.60 Å². The third-order valence-electron chi connectivity index (χ3n) is 9.47. The summed E-state index contributed by atoms with van der Waals surface area (Å²) in [5.41, 5.74) is 2.63. The average Bonchev–Trinajstić information content (AvgIpc) is 3.10. The van der Waals surface area contributed by atoms with Crippen LogP contribution in [0.2, 0.25) is 0 Å². The molecular weight excluding hydrogens is 662 g/mol. The molecule has 6 nitrogen and oxygen atoms in total. The van der Waals surface area contributed by atoms with Crippen LogP contribution in [0.3, 0.4) is 0 Å². The molecule has 0 aliphatic heterocycles. The van der Waals surface area contributed by atoms with Gasteiger partial charge in [0, 0.05) is 0 Å². The molecule has 0 bridgehead atoms. The van der Waals surface area contributed by atoms with Gasteiger partial charge in [-0.2, -0.15) is 0 Å². The molecule has 0 saturated carbocycles. The molecule has 274 valence electrons. The molecule has 0 atom stereocenters. The van der Waals surface area contributed by atoms with Crippen LogP contribution in [0.15, 0.2) is 121 Å². The first-order valence-corrected chi connectivity index (χ1v) is 21.2. The summed E-state index contributed by atoms with van der Waals surface area (Å²) < 4.78 is 5.83. The molecule has 5 N–H and O–H groups in total. The van der Waals surface area contributed by atoms with Gasteiger partial charge in [-0.15, -0.1) is 0 Å². The van der Waals surface area contributed by atoms with E-state index in [1.807, 2.05) is 121 Å². The largest absolute Gasteiger partial charge is 0.328 e. The first-order valence-electron chi connectivity index (χ1n) is 18.2. The number of rotatable bonds is 19. The van der Waals surface area contributed by atoms with Crippen LogP contribution in [0.4, 0.5) is 0 Å². The summed E-state index contributed by atoms with van der Waals surface area (Å²) in [7, 11) is -6.97. The van der Waals surface area contributed by atoms with E-state index in [1.165, 1.54) is 19.3 Å². The fourth-order valence-corrected chi connectivity index (χ4v) is 9.04. The summed E-state index contributed by atoms with van der Waals surface area (Å²) in [6.07, 6.45) is 9.97. The molecular formula is C42H60O6P2. The van der Waals surface area contributed by atoms with Gasteiger partial charge >= 0.3 is 154 Å². The van der Waals surface area contributed by atoms with Gasteiger partial charge in [-0.3, -0.25) is 4.52 Å². The monoisotopic (exact) mass is 722 g/mol. The van der Waals surface area contributed by atoms with Gasteiger partial charge in [0.25, 0.3) is 0 Å². The Bertz CT molecular complexity index is 1370. The molecule has 4 rings (SSSR count). The Morgan fingerprint density at radius 1 is 0.500 bits per heavy atom. The van der Waals surface area contributed by atoms with Crippen LogP contribution in [-0.2, 0) is 15.3 Å². The minimum atomic E-state index is -4.50. The van der Waals surface area contributed by atoms with Crippen LogP contribution >= 0.6 is 16.5 Å². The average molecular weight is 723 g/mol. The Labute approximate surface area is 302 Å². The maximum Gasteiger partial charge on any atom is 0.328 e. The summed E-state index contributed by atoms with van der Waals surface area (Å²) in [4.78, 5) is 50.9. The van der Waals surface area contributed by atoms with Crippen molar-refractivity contribution in [2.24, 2.45) is 11.8 Å². The summed E-state index contributed by atoms with van der Waals surface area (Å²) in [5, 5.41) is -1.13. The van der Waals surface area contributed by atoms with E-state index in [0.29, 0.717) is 12.3 Å². The molecule has 0 aliphatic carbocycles. The van der Waals surface area contributed by atoms with Crippen molar-refractivity contribution in [1.82, 2.24) is 0 Å². The number of unbranched alkanes of at least 4 members (excludes halogenated alkanes) is 4. The van der Waals surface area contributed by atoms with Crippen molar-refractivity contribution in [2.75, 3.05) is 0 Å². The Morgan fingerprint density at radius 2 is 0.840 bits per heavy atom. The van der Waals surface area contributed by atoms with Gasteiger partial charge in [-0.25, -0.2) is 0 Å². The van der Waals surface area contributed by atoms with E-state index in [1.54, 1.807) is 0 Å². The third-order valence-corrected chi connectivity index (χ3v) is 11.9. The Balaban J connectivity index is 0.000000271. The van der Waals surface area contributed by atoms with Crippen LogP contribution in [0, 0.1) is 11.8 Å². The second-order valence-corrected chi connectivity index (χ2v) is 17.0. The van der Waals surface area contributed by atoms with Crippen LogP contribution in [0.25, 0.3) is 0 Å². The number of hydrogen-bond donors (Lipinski definition) is 5. The first-order chi connectivity index (χ1) is 23.9. The molecule has 4 aromatic carbocycles. The summed E-state index contributed by atoms with van der Waals surface area (Å²) in [6.45, 7) is 8.89. The van der Waals surface area contributed by atoms with E-state index >= 15 is 0 Å². The first kappa shape index (κ1) is 41.9. The molecule has 0 fully saturated rings. The van der Waals surface area contributed by atoms with Gasteiger partial charge in [-0.1, -0.05) is 100 Å². The summed E-state index contributed by atoms with van der Waals surface area (Å²) >= 11 is 0. The fraction of sp³-hybridized carbons (Fsp3) is 0.429. The van der Waals surface area contributed by atoms with Crippen LogP contribution in [-0.4, -0.2) is 24.5 Å². The smallest absolute Gasteiger partial charge is 0.328 e. The van der Waals surface area contributed by atoms with E-state index in [9.17, 15) is 24.5 Å². The van der Waals surface area contributed by atoms with E-state index in [2.05, 4.69) is 27.7 Å². The SMILES string of the molecule is CC(C)CCCCC(c1ccccc1)(c1ccccc1)[PH](O)(O)O.CC(C)CCCCCCC(OP(O)O)(c1ccccc1)c1ccccc1. The predicted molar refractivity (Wildman–Crippen MR) is 211 cm³/mol. The van der Waals surface area contributed by atoms with Crippen LogP contribution in [0.5, 0.6) is 0 Å². The van der Waals surface area contributed by atoms with E-state index in [-0.39, 0.29) is 0 Å². The number of benzene rings is 4. The quantitative estimate of drug-likeness (QED) is 0.0487. The maximum atomic E-state index is 10.5. The van der Waals surface area contributed by atoms with Gasteiger partial charge in [0.05, 0.1) is 0 Å². The molecule has 0 radical (unpaired) electrons. The van der Waals surface area contributed by atoms with E-state index in [4.69, 9.17) is 4.52 Å². The van der Waals surface area contributed by atoms with E-state index < -0.39 is 27.3 Å². The summed E-state index contributed by atoms with van der Waals surface area (Å²) in [6, 6.07) is 38.6. The minimum Gasteiger partial charge on any atom is -0.328 e. The van der Waals surface area contributed by atoms with Crippen molar-refractivity contribution in [2.45, 2.75) is 103 Å². The van der Waals surface area contributed by atoms with Gasteiger partial charge in [0.15, 0.2) is 0 Å². The maximum absolute atomic E-state index is 10.5. The topological polar surface area (TPSA) is 110 Å². The molecule has 0 aliphatic rings. The van der Waals surface area contributed by atoms with Crippen LogP contribution < -0.4 is 0 Å². The van der Waals surface area contributed by atoms with Crippen molar-refractivity contribution in [3.63, 3.8) is 0 Å². The molecule has 8 heteroatoms. The van der Waals surface area contributed by atoms with Crippen LogP contribution in [0.1, 0.15) is 114 Å². The zero-order valence-electron chi connectivity index (χ0n) is 30.4. The molecule has 0 unspecified atom stereocenters. The second kappa shape index (κ2) is 21.1. The Kier molecular flexibility index (Phi) is 17.7. The molecule has 4 aromatic rings. The van der Waals surface area contributed by atoms with Crippen molar-refractivity contribution in [1.29, 1.82) is 0 Å². The molecule has 50 heavy (non-hydrogen) atoms. The Morgan fingerprint density at radius 3 is 1.20 bits per heavy atom. The zero-order chi connectivity index (χ0) is 36.5. The molecule has 0 spiro atoms.